The van der Waals surface area contributed by atoms with Crippen molar-refractivity contribution < 1.29 is 23.5 Å². The van der Waals surface area contributed by atoms with Gasteiger partial charge in [-0.3, -0.25) is 14.4 Å². The molecule has 3 amide bonds. The summed E-state index contributed by atoms with van der Waals surface area (Å²) in [4.78, 5) is 39.3. The van der Waals surface area contributed by atoms with Gasteiger partial charge in [-0.2, -0.15) is 0 Å². The lowest BCUT2D eigenvalue weighted by atomic mass is 10.1. The molecule has 1 aliphatic heterocycles. The predicted molar refractivity (Wildman–Crippen MR) is 126 cm³/mol. The SMILES string of the molecule is O=C(COc1ccccc1C(=O)Nc1ccc(C(=O)N2CCCC2)cc1)Nc1ccccc1F. The van der Waals surface area contributed by atoms with Gasteiger partial charge in [0.05, 0.1) is 11.3 Å². The number of nitrogens with one attached hydrogen (secondary N) is 2. The molecule has 1 fully saturated rings. The molecule has 0 aliphatic carbocycles. The number of amides is 3. The largest absolute Gasteiger partial charge is 0.483 e. The Labute approximate surface area is 196 Å². The van der Waals surface area contributed by atoms with E-state index in [9.17, 15) is 18.8 Å². The predicted octanol–water partition coefficient (Wildman–Crippen LogP) is 4.33. The zero-order valence-electron chi connectivity index (χ0n) is 18.4. The third kappa shape index (κ3) is 5.58. The molecule has 3 aromatic rings. The number of hydrogen-bond acceptors (Lipinski definition) is 4. The van der Waals surface area contributed by atoms with Gasteiger partial charge >= 0.3 is 0 Å². The summed E-state index contributed by atoms with van der Waals surface area (Å²) < 4.78 is 19.2. The lowest BCUT2D eigenvalue weighted by Gasteiger charge is -2.15. The van der Waals surface area contributed by atoms with Gasteiger partial charge in [0.25, 0.3) is 17.7 Å². The molecule has 0 bridgehead atoms. The molecule has 0 unspecified atom stereocenters. The second-order valence-corrected chi connectivity index (χ2v) is 7.84. The molecular formula is C26H24FN3O4. The van der Waals surface area contributed by atoms with E-state index in [1.54, 1.807) is 54.6 Å². The van der Waals surface area contributed by atoms with Crippen LogP contribution in [0.4, 0.5) is 15.8 Å². The Morgan fingerprint density at radius 1 is 0.853 bits per heavy atom. The number of carbonyl (C=O) groups excluding carboxylic acids is 3. The van der Waals surface area contributed by atoms with Crippen LogP contribution in [0.5, 0.6) is 5.75 Å². The first-order chi connectivity index (χ1) is 16.5. The Balaban J connectivity index is 1.37. The van der Waals surface area contributed by atoms with Crippen LogP contribution >= 0.6 is 0 Å². The Morgan fingerprint density at radius 3 is 2.26 bits per heavy atom. The van der Waals surface area contributed by atoms with Gasteiger partial charge < -0.3 is 20.3 Å². The number of likely N-dealkylation sites (tertiary alicyclic amines) is 1. The van der Waals surface area contributed by atoms with Crippen molar-refractivity contribution in [3.05, 3.63) is 89.7 Å². The highest BCUT2D eigenvalue weighted by molar-refractivity contribution is 6.06. The average Bonchev–Trinajstić information content (AvgIpc) is 3.39. The number of rotatable bonds is 7. The van der Waals surface area contributed by atoms with Crippen LogP contribution in [0, 0.1) is 5.82 Å². The van der Waals surface area contributed by atoms with Gasteiger partial charge in [-0.15, -0.1) is 0 Å². The van der Waals surface area contributed by atoms with Gasteiger partial charge in [0, 0.05) is 24.3 Å². The molecule has 7 nitrogen and oxygen atoms in total. The smallest absolute Gasteiger partial charge is 0.262 e. The van der Waals surface area contributed by atoms with Crippen molar-refractivity contribution in [1.82, 2.24) is 4.90 Å². The zero-order valence-corrected chi connectivity index (χ0v) is 18.4. The van der Waals surface area contributed by atoms with Crippen molar-refractivity contribution >= 4 is 29.1 Å². The van der Waals surface area contributed by atoms with Gasteiger partial charge in [-0.05, 0) is 61.4 Å². The van der Waals surface area contributed by atoms with Crippen LogP contribution in [-0.4, -0.2) is 42.3 Å². The van der Waals surface area contributed by atoms with Gasteiger partial charge in [-0.1, -0.05) is 24.3 Å². The molecule has 34 heavy (non-hydrogen) atoms. The molecule has 3 aromatic carbocycles. The van der Waals surface area contributed by atoms with Crippen molar-refractivity contribution in [2.24, 2.45) is 0 Å². The van der Waals surface area contributed by atoms with E-state index in [0.29, 0.717) is 11.3 Å². The molecule has 4 rings (SSSR count). The minimum Gasteiger partial charge on any atom is -0.483 e. The number of ether oxygens (including phenoxy) is 1. The van der Waals surface area contributed by atoms with Gasteiger partial charge in [-0.25, -0.2) is 4.39 Å². The summed E-state index contributed by atoms with van der Waals surface area (Å²) in [5.74, 6) is -1.33. The van der Waals surface area contributed by atoms with E-state index in [1.165, 1.54) is 18.2 Å². The highest BCUT2D eigenvalue weighted by Gasteiger charge is 2.19. The van der Waals surface area contributed by atoms with Crippen LogP contribution in [0.25, 0.3) is 0 Å². The summed E-state index contributed by atoms with van der Waals surface area (Å²) in [6.45, 7) is 1.14. The second-order valence-electron chi connectivity index (χ2n) is 7.84. The Morgan fingerprint density at radius 2 is 1.53 bits per heavy atom. The number of hydrogen-bond donors (Lipinski definition) is 2. The Hall–Kier alpha value is -4.20. The van der Waals surface area contributed by atoms with E-state index in [1.807, 2.05) is 4.90 Å². The summed E-state index contributed by atoms with van der Waals surface area (Å²) >= 11 is 0. The summed E-state index contributed by atoms with van der Waals surface area (Å²) in [6.07, 6.45) is 2.04. The van der Waals surface area contributed by atoms with Crippen LogP contribution < -0.4 is 15.4 Å². The van der Waals surface area contributed by atoms with Gasteiger partial charge in [0.1, 0.15) is 11.6 Å². The van der Waals surface area contributed by atoms with Crippen LogP contribution in [0.1, 0.15) is 33.6 Å². The highest BCUT2D eigenvalue weighted by Crippen LogP contribution is 2.21. The summed E-state index contributed by atoms with van der Waals surface area (Å²) in [6, 6.07) is 19.0. The Bertz CT molecular complexity index is 1190. The fraction of sp³-hybridized carbons (Fsp3) is 0.192. The maximum Gasteiger partial charge on any atom is 0.262 e. The quantitative estimate of drug-likeness (QED) is 0.548. The summed E-state index contributed by atoms with van der Waals surface area (Å²) in [7, 11) is 0. The average molecular weight is 461 g/mol. The summed E-state index contributed by atoms with van der Waals surface area (Å²) in [5.41, 5.74) is 1.38. The molecule has 0 aromatic heterocycles. The number of anilines is 2. The molecule has 0 saturated carbocycles. The molecule has 174 valence electrons. The fourth-order valence-electron chi connectivity index (χ4n) is 3.67. The van der Waals surface area contributed by atoms with Crippen LogP contribution in [-0.2, 0) is 4.79 Å². The van der Waals surface area contributed by atoms with E-state index >= 15 is 0 Å². The normalized spacial score (nSPS) is 12.8. The van der Waals surface area contributed by atoms with E-state index in [2.05, 4.69) is 10.6 Å². The van der Waals surface area contributed by atoms with Gasteiger partial charge in [0.15, 0.2) is 6.61 Å². The van der Waals surface area contributed by atoms with E-state index in [-0.39, 0.29) is 22.9 Å². The standard InChI is InChI=1S/C26H24FN3O4/c27-21-8-2-3-9-22(21)29-24(31)17-34-23-10-4-1-7-20(23)25(32)28-19-13-11-18(12-14-19)26(33)30-15-5-6-16-30/h1-4,7-14H,5-6,15-17H2,(H,28,32)(H,29,31). The molecule has 2 N–H and O–H groups in total. The fourth-order valence-corrected chi connectivity index (χ4v) is 3.67. The molecule has 0 spiro atoms. The molecular weight excluding hydrogens is 437 g/mol. The number of nitrogens with zero attached hydrogens (tertiary/aromatic N) is 1. The number of benzene rings is 3. The van der Waals surface area contributed by atoms with Crippen molar-refractivity contribution in [3.63, 3.8) is 0 Å². The molecule has 1 heterocycles. The van der Waals surface area contributed by atoms with Crippen LogP contribution in [0.15, 0.2) is 72.8 Å². The minimum atomic E-state index is -0.557. The van der Waals surface area contributed by atoms with Crippen LogP contribution in [0.2, 0.25) is 0 Å². The number of halogens is 1. The van der Waals surface area contributed by atoms with Crippen molar-refractivity contribution in [3.8, 4) is 5.75 Å². The molecule has 0 radical (unpaired) electrons. The number of carbonyl (C=O) groups is 3. The van der Waals surface area contributed by atoms with E-state index in [0.717, 1.165) is 25.9 Å². The third-order valence-electron chi connectivity index (χ3n) is 5.42. The first-order valence-corrected chi connectivity index (χ1v) is 11.0. The topological polar surface area (TPSA) is 87.7 Å². The second kappa shape index (κ2) is 10.6. The highest BCUT2D eigenvalue weighted by atomic mass is 19.1. The lowest BCUT2D eigenvalue weighted by Crippen LogP contribution is -2.27. The van der Waals surface area contributed by atoms with E-state index < -0.39 is 24.2 Å². The van der Waals surface area contributed by atoms with Crippen molar-refractivity contribution in [2.45, 2.75) is 12.8 Å². The first kappa shape index (κ1) is 23.0. The summed E-state index contributed by atoms with van der Waals surface area (Å²) in [5, 5.41) is 5.21. The number of para-hydroxylation sites is 2. The third-order valence-corrected chi connectivity index (χ3v) is 5.42. The molecule has 1 saturated heterocycles. The Kier molecular flexibility index (Phi) is 7.17. The van der Waals surface area contributed by atoms with Gasteiger partial charge in [0.2, 0.25) is 0 Å². The monoisotopic (exact) mass is 461 g/mol. The van der Waals surface area contributed by atoms with Crippen LogP contribution in [0.3, 0.4) is 0 Å². The molecule has 8 heteroatoms. The lowest BCUT2D eigenvalue weighted by molar-refractivity contribution is -0.118. The van der Waals surface area contributed by atoms with E-state index in [4.69, 9.17) is 4.74 Å². The first-order valence-electron chi connectivity index (χ1n) is 11.0. The molecule has 1 aliphatic rings. The minimum absolute atomic E-state index is 0.0113. The molecule has 0 atom stereocenters. The maximum absolute atomic E-state index is 13.7. The zero-order chi connectivity index (χ0) is 23.9. The van der Waals surface area contributed by atoms with Crippen molar-refractivity contribution in [1.29, 1.82) is 0 Å². The maximum atomic E-state index is 13.7. The van der Waals surface area contributed by atoms with Crippen molar-refractivity contribution in [2.75, 3.05) is 30.3 Å².